The Morgan fingerprint density at radius 2 is 1.52 bits per heavy atom. The number of carbonyl (C=O) groups excluding carboxylic acids is 1. The largest absolute Gasteiger partial charge is 0.478 e. The van der Waals surface area contributed by atoms with Gasteiger partial charge in [0.25, 0.3) is 5.91 Å². The molecule has 2 heterocycles. The number of rotatable bonds is 4. The van der Waals surface area contributed by atoms with E-state index in [1.807, 2.05) is 47.1 Å². The van der Waals surface area contributed by atoms with E-state index in [2.05, 4.69) is 5.10 Å². The summed E-state index contributed by atoms with van der Waals surface area (Å²) >= 11 is 0. The summed E-state index contributed by atoms with van der Waals surface area (Å²) in [6.45, 7) is 1.34. The van der Waals surface area contributed by atoms with Crippen molar-refractivity contribution in [3.05, 3.63) is 77.6 Å². The Balaban J connectivity index is 1.58. The lowest BCUT2D eigenvalue weighted by atomic mass is 9.91. The molecule has 0 bridgehead atoms. The first-order valence-electron chi connectivity index (χ1n) is 9.75. The van der Waals surface area contributed by atoms with Crippen molar-refractivity contribution in [2.75, 3.05) is 13.1 Å². The number of aromatic carboxylic acids is 1. The molecule has 0 radical (unpaired) electrons. The lowest BCUT2D eigenvalue weighted by molar-refractivity contribution is 0.0691. The van der Waals surface area contributed by atoms with Gasteiger partial charge in [-0.2, -0.15) is 5.10 Å². The minimum absolute atomic E-state index is 0.0516. The van der Waals surface area contributed by atoms with E-state index in [4.69, 9.17) is 0 Å². The maximum atomic E-state index is 13.3. The number of hydrogen-bond acceptors (Lipinski definition) is 3. The van der Waals surface area contributed by atoms with Gasteiger partial charge in [-0.3, -0.25) is 9.48 Å². The van der Waals surface area contributed by atoms with Crippen LogP contribution in [0.5, 0.6) is 0 Å². The fraction of sp³-hybridized carbons (Fsp3) is 0.261. The van der Waals surface area contributed by atoms with Gasteiger partial charge >= 0.3 is 5.97 Å². The van der Waals surface area contributed by atoms with E-state index in [1.54, 1.807) is 30.3 Å². The van der Waals surface area contributed by atoms with E-state index in [0.29, 0.717) is 35.7 Å². The van der Waals surface area contributed by atoms with E-state index in [-0.39, 0.29) is 11.5 Å². The summed E-state index contributed by atoms with van der Waals surface area (Å²) in [5, 5.41) is 13.8. The molecule has 1 aliphatic rings. The lowest BCUT2D eigenvalue weighted by Gasteiger charge is -2.32. The van der Waals surface area contributed by atoms with Crippen LogP contribution in [0, 0.1) is 0 Å². The maximum Gasteiger partial charge on any atom is 0.336 e. The molecule has 1 fully saturated rings. The average Bonchev–Trinajstić information content (AvgIpc) is 3.19. The summed E-state index contributed by atoms with van der Waals surface area (Å²) in [6.07, 6.45) is 3.58. The molecule has 1 aromatic heterocycles. The van der Waals surface area contributed by atoms with Crippen molar-refractivity contribution in [1.82, 2.24) is 14.7 Å². The first-order valence-corrected chi connectivity index (χ1v) is 9.75. The predicted octanol–water partition coefficient (Wildman–Crippen LogP) is 3.81. The smallest absolute Gasteiger partial charge is 0.336 e. The number of benzene rings is 2. The third-order valence-electron chi connectivity index (χ3n) is 5.66. The second kappa shape index (κ2) is 7.91. The van der Waals surface area contributed by atoms with Crippen molar-refractivity contribution in [2.45, 2.75) is 18.8 Å². The fourth-order valence-electron chi connectivity index (χ4n) is 4.14. The Kier molecular flexibility index (Phi) is 5.16. The molecule has 1 N–H and O–H groups in total. The van der Waals surface area contributed by atoms with Crippen LogP contribution in [-0.2, 0) is 7.05 Å². The number of aryl methyl sites for hydroxylation is 1. The first kappa shape index (κ1) is 18.9. The van der Waals surface area contributed by atoms with Crippen LogP contribution in [0.4, 0.5) is 0 Å². The topological polar surface area (TPSA) is 75.4 Å². The van der Waals surface area contributed by atoms with E-state index < -0.39 is 5.97 Å². The Morgan fingerprint density at radius 3 is 2.10 bits per heavy atom. The molecule has 148 valence electrons. The van der Waals surface area contributed by atoms with Crippen LogP contribution in [0.25, 0.3) is 11.1 Å². The molecule has 0 atom stereocenters. The summed E-state index contributed by atoms with van der Waals surface area (Å²) in [7, 11) is 1.95. The monoisotopic (exact) mass is 389 g/mol. The highest BCUT2D eigenvalue weighted by molar-refractivity contribution is 6.04. The van der Waals surface area contributed by atoms with E-state index in [9.17, 15) is 14.7 Å². The van der Waals surface area contributed by atoms with Crippen molar-refractivity contribution in [1.29, 1.82) is 0 Å². The van der Waals surface area contributed by atoms with Crippen LogP contribution in [0.3, 0.4) is 0 Å². The molecule has 1 aliphatic heterocycles. The highest BCUT2D eigenvalue weighted by atomic mass is 16.4. The van der Waals surface area contributed by atoms with Crippen LogP contribution in [0.1, 0.15) is 45.2 Å². The van der Waals surface area contributed by atoms with Gasteiger partial charge in [0.2, 0.25) is 0 Å². The van der Waals surface area contributed by atoms with E-state index >= 15 is 0 Å². The summed E-state index contributed by atoms with van der Waals surface area (Å²) in [4.78, 5) is 26.8. The molecule has 4 rings (SSSR count). The summed E-state index contributed by atoms with van der Waals surface area (Å²) in [5.74, 6) is -0.654. The molecule has 6 nitrogen and oxygen atoms in total. The molecular formula is C23H23N3O3. The second-order valence-electron chi connectivity index (χ2n) is 7.34. The van der Waals surface area contributed by atoms with Gasteiger partial charge in [-0.05, 0) is 42.2 Å². The molecule has 1 saturated heterocycles. The fourth-order valence-corrected chi connectivity index (χ4v) is 4.14. The number of hydrogen-bond donors (Lipinski definition) is 1. The Bertz CT molecular complexity index is 1050. The van der Waals surface area contributed by atoms with Gasteiger partial charge in [0.05, 0.1) is 5.56 Å². The SMILES string of the molecule is Cn1nccc1C1CCN(C(=O)c2ccccc2-c2ccccc2C(=O)O)CC1. The van der Waals surface area contributed by atoms with Gasteiger partial charge in [-0.15, -0.1) is 0 Å². The summed E-state index contributed by atoms with van der Waals surface area (Å²) in [5.41, 5.74) is 3.16. The normalized spacial score (nSPS) is 14.7. The quantitative estimate of drug-likeness (QED) is 0.736. The molecule has 1 amide bonds. The molecule has 0 spiro atoms. The Hall–Kier alpha value is -3.41. The van der Waals surface area contributed by atoms with Crippen LogP contribution in [0.2, 0.25) is 0 Å². The molecule has 0 saturated carbocycles. The van der Waals surface area contributed by atoms with Crippen molar-refractivity contribution in [3.8, 4) is 11.1 Å². The number of carboxylic acids is 1. The Labute approximate surface area is 169 Å². The molecular weight excluding hydrogens is 366 g/mol. The van der Waals surface area contributed by atoms with Gasteiger partial charge in [-0.25, -0.2) is 4.79 Å². The zero-order valence-corrected chi connectivity index (χ0v) is 16.3. The first-order chi connectivity index (χ1) is 14.1. The van der Waals surface area contributed by atoms with Crippen LogP contribution in [0.15, 0.2) is 60.8 Å². The lowest BCUT2D eigenvalue weighted by Crippen LogP contribution is -2.38. The summed E-state index contributed by atoms with van der Waals surface area (Å²) < 4.78 is 1.90. The van der Waals surface area contributed by atoms with E-state index in [0.717, 1.165) is 12.8 Å². The standard InChI is InChI=1S/C23H23N3O3/c1-25-21(10-13-24-25)16-11-14-26(15-12-16)22(27)19-8-4-2-6-17(19)18-7-3-5-9-20(18)23(28)29/h2-10,13,16H,11-12,14-15H2,1H3,(H,28,29). The van der Waals surface area contributed by atoms with Crippen LogP contribution < -0.4 is 0 Å². The van der Waals surface area contributed by atoms with Crippen LogP contribution >= 0.6 is 0 Å². The van der Waals surface area contributed by atoms with Crippen LogP contribution in [-0.4, -0.2) is 44.8 Å². The maximum absolute atomic E-state index is 13.3. The van der Waals surface area contributed by atoms with Crippen molar-refractivity contribution in [2.24, 2.45) is 7.05 Å². The molecule has 3 aromatic rings. The highest BCUT2D eigenvalue weighted by Crippen LogP contribution is 2.31. The average molecular weight is 389 g/mol. The number of carboxylic acid groups (broad SMARTS) is 1. The second-order valence-corrected chi connectivity index (χ2v) is 7.34. The Morgan fingerprint density at radius 1 is 0.931 bits per heavy atom. The highest BCUT2D eigenvalue weighted by Gasteiger charge is 2.27. The zero-order chi connectivity index (χ0) is 20.4. The molecule has 29 heavy (non-hydrogen) atoms. The van der Waals surface area contributed by atoms with Gasteiger partial charge in [0.1, 0.15) is 0 Å². The van der Waals surface area contributed by atoms with E-state index in [1.165, 1.54) is 5.69 Å². The number of carbonyl (C=O) groups is 2. The molecule has 2 aromatic carbocycles. The van der Waals surface area contributed by atoms with Gasteiger partial charge < -0.3 is 10.0 Å². The number of amides is 1. The summed E-state index contributed by atoms with van der Waals surface area (Å²) in [6, 6.07) is 16.1. The third kappa shape index (κ3) is 3.66. The minimum atomic E-state index is -1.00. The predicted molar refractivity (Wildman–Crippen MR) is 110 cm³/mol. The van der Waals surface area contributed by atoms with Gasteiger partial charge in [0.15, 0.2) is 0 Å². The molecule has 6 heteroatoms. The number of likely N-dealkylation sites (tertiary alicyclic amines) is 1. The van der Waals surface area contributed by atoms with Gasteiger partial charge in [0, 0.05) is 43.5 Å². The third-order valence-corrected chi connectivity index (χ3v) is 5.66. The van der Waals surface area contributed by atoms with Crippen molar-refractivity contribution >= 4 is 11.9 Å². The number of piperidine rings is 1. The number of aromatic nitrogens is 2. The van der Waals surface area contributed by atoms with Crippen molar-refractivity contribution in [3.63, 3.8) is 0 Å². The van der Waals surface area contributed by atoms with Gasteiger partial charge in [-0.1, -0.05) is 36.4 Å². The minimum Gasteiger partial charge on any atom is -0.478 e. The zero-order valence-electron chi connectivity index (χ0n) is 16.3. The van der Waals surface area contributed by atoms with Crippen molar-refractivity contribution < 1.29 is 14.7 Å². The molecule has 0 aliphatic carbocycles. The number of nitrogens with zero attached hydrogens (tertiary/aromatic N) is 3. The molecule has 0 unspecified atom stereocenters.